The summed E-state index contributed by atoms with van der Waals surface area (Å²) in [6.45, 7) is 0.515. The molecule has 5 rings (SSSR count). The first-order valence-corrected chi connectivity index (χ1v) is 9.97. The Morgan fingerprint density at radius 1 is 1.09 bits per heavy atom. The summed E-state index contributed by atoms with van der Waals surface area (Å²) >= 11 is 0. The van der Waals surface area contributed by atoms with Crippen molar-refractivity contribution in [1.29, 1.82) is 0 Å². The van der Waals surface area contributed by atoms with Crippen molar-refractivity contribution < 1.29 is 14.6 Å². The fourth-order valence-corrected chi connectivity index (χ4v) is 3.52. The van der Waals surface area contributed by atoms with E-state index in [1.54, 1.807) is 42.4 Å². The number of carbonyl (C=O) groups is 1. The number of aromatic nitrogens is 4. The highest BCUT2D eigenvalue weighted by molar-refractivity contribution is 5.98. The summed E-state index contributed by atoms with van der Waals surface area (Å²) < 4.78 is 5.75. The van der Waals surface area contributed by atoms with Crippen molar-refractivity contribution >= 4 is 27.7 Å². The van der Waals surface area contributed by atoms with E-state index in [1.807, 2.05) is 36.4 Å². The summed E-state index contributed by atoms with van der Waals surface area (Å²) in [5.74, 6) is 0.197. The third-order valence-electron chi connectivity index (χ3n) is 5.10. The molecule has 8 nitrogen and oxygen atoms in total. The standard InChI is InChI=1S/C24H19N5O3/c1-29(14-15-5-3-2-4-6-15)23(31)20-12-16-11-17(7-8-19(16)26-20)32-24-27-21-13-25-10-9-18(21)22(30)28-24/h2-13,26H,14H2,1H3,(H,27,28,30). The van der Waals surface area contributed by atoms with Crippen molar-refractivity contribution in [2.45, 2.75) is 6.54 Å². The second-order valence-corrected chi connectivity index (χ2v) is 7.40. The van der Waals surface area contributed by atoms with Crippen LogP contribution in [0.4, 0.5) is 0 Å². The van der Waals surface area contributed by atoms with Crippen LogP contribution in [0.25, 0.3) is 21.8 Å². The number of benzene rings is 2. The van der Waals surface area contributed by atoms with E-state index in [2.05, 4.69) is 19.9 Å². The zero-order chi connectivity index (χ0) is 22.1. The van der Waals surface area contributed by atoms with E-state index in [1.165, 1.54) is 6.20 Å². The van der Waals surface area contributed by atoms with Gasteiger partial charge in [-0.15, -0.1) is 0 Å². The van der Waals surface area contributed by atoms with Crippen LogP contribution < -0.4 is 4.74 Å². The van der Waals surface area contributed by atoms with Crippen LogP contribution in [0.3, 0.4) is 0 Å². The Morgan fingerprint density at radius 2 is 1.94 bits per heavy atom. The molecular weight excluding hydrogens is 406 g/mol. The number of aromatic amines is 1. The lowest BCUT2D eigenvalue weighted by Gasteiger charge is -2.16. The van der Waals surface area contributed by atoms with Gasteiger partial charge in [-0.3, -0.25) is 9.78 Å². The topological polar surface area (TPSA) is 104 Å². The highest BCUT2D eigenvalue weighted by Crippen LogP contribution is 2.28. The zero-order valence-corrected chi connectivity index (χ0v) is 17.2. The number of nitrogens with zero attached hydrogens (tertiary/aromatic N) is 4. The fourth-order valence-electron chi connectivity index (χ4n) is 3.52. The van der Waals surface area contributed by atoms with Crippen LogP contribution in [0.2, 0.25) is 0 Å². The van der Waals surface area contributed by atoms with Crippen LogP contribution in [0.1, 0.15) is 16.1 Å². The monoisotopic (exact) mass is 425 g/mol. The molecule has 2 N–H and O–H groups in total. The van der Waals surface area contributed by atoms with Crippen LogP contribution in [-0.4, -0.2) is 42.9 Å². The molecule has 3 aromatic heterocycles. The van der Waals surface area contributed by atoms with Gasteiger partial charge in [0.1, 0.15) is 11.4 Å². The highest BCUT2D eigenvalue weighted by atomic mass is 16.5. The maximum absolute atomic E-state index is 12.9. The number of rotatable bonds is 5. The van der Waals surface area contributed by atoms with Gasteiger partial charge in [0, 0.05) is 30.7 Å². The van der Waals surface area contributed by atoms with Gasteiger partial charge >= 0.3 is 6.01 Å². The Morgan fingerprint density at radius 3 is 2.78 bits per heavy atom. The molecule has 0 fully saturated rings. The summed E-state index contributed by atoms with van der Waals surface area (Å²) in [6.07, 6.45) is 3.09. The molecule has 0 aliphatic carbocycles. The molecule has 1 amide bonds. The van der Waals surface area contributed by atoms with Crippen molar-refractivity contribution in [1.82, 2.24) is 24.8 Å². The number of fused-ring (bicyclic) bond motifs is 2. The number of aromatic hydroxyl groups is 1. The minimum atomic E-state index is -0.176. The predicted molar refractivity (Wildman–Crippen MR) is 120 cm³/mol. The number of amides is 1. The third-order valence-corrected chi connectivity index (χ3v) is 5.10. The molecule has 0 bridgehead atoms. The van der Waals surface area contributed by atoms with E-state index in [0.29, 0.717) is 28.9 Å². The molecule has 0 saturated carbocycles. The van der Waals surface area contributed by atoms with E-state index in [-0.39, 0.29) is 17.8 Å². The van der Waals surface area contributed by atoms with Gasteiger partial charge in [0.05, 0.1) is 17.1 Å². The molecule has 0 atom stereocenters. The number of hydrogen-bond donors (Lipinski definition) is 2. The Bertz CT molecular complexity index is 1430. The molecule has 8 heteroatoms. The lowest BCUT2D eigenvalue weighted by molar-refractivity contribution is 0.0780. The van der Waals surface area contributed by atoms with E-state index < -0.39 is 0 Å². The van der Waals surface area contributed by atoms with Crippen LogP contribution >= 0.6 is 0 Å². The number of ether oxygens (including phenoxy) is 1. The molecule has 3 heterocycles. The van der Waals surface area contributed by atoms with Crippen molar-refractivity contribution in [2.75, 3.05) is 7.05 Å². The number of pyridine rings is 1. The maximum atomic E-state index is 12.9. The molecule has 0 aliphatic heterocycles. The normalized spacial score (nSPS) is 11.0. The van der Waals surface area contributed by atoms with E-state index in [0.717, 1.165) is 16.5 Å². The van der Waals surface area contributed by atoms with Gasteiger partial charge < -0.3 is 19.7 Å². The van der Waals surface area contributed by atoms with Crippen LogP contribution in [0.15, 0.2) is 73.1 Å². The smallest absolute Gasteiger partial charge is 0.325 e. The summed E-state index contributed by atoms with van der Waals surface area (Å²) in [5, 5.41) is 11.4. The van der Waals surface area contributed by atoms with Crippen molar-refractivity contribution in [3.05, 3.63) is 84.3 Å². The molecule has 0 unspecified atom stereocenters. The average Bonchev–Trinajstić information content (AvgIpc) is 3.22. The molecule has 0 spiro atoms. The summed E-state index contributed by atoms with van der Waals surface area (Å²) in [5.41, 5.74) is 2.83. The first-order chi connectivity index (χ1) is 15.6. The van der Waals surface area contributed by atoms with Gasteiger partial charge in [-0.1, -0.05) is 30.3 Å². The second kappa shape index (κ2) is 7.99. The molecule has 0 aliphatic rings. The molecule has 158 valence electrons. The Hall–Kier alpha value is -4.46. The summed E-state index contributed by atoms with van der Waals surface area (Å²) in [6, 6.07) is 18.6. The van der Waals surface area contributed by atoms with Crippen molar-refractivity contribution in [2.24, 2.45) is 0 Å². The predicted octanol–water partition coefficient (Wildman–Crippen LogP) is 4.28. The Balaban J connectivity index is 1.37. The largest absolute Gasteiger partial charge is 0.493 e. The minimum absolute atomic E-state index is 0.0109. The van der Waals surface area contributed by atoms with Crippen LogP contribution in [0, 0.1) is 0 Å². The molecule has 0 radical (unpaired) electrons. The SMILES string of the molecule is CN(Cc1ccccc1)C(=O)c1cc2cc(Oc3nc(O)c4ccncc4n3)ccc2[nH]1. The zero-order valence-electron chi connectivity index (χ0n) is 17.2. The first kappa shape index (κ1) is 19.5. The van der Waals surface area contributed by atoms with Gasteiger partial charge in [0.15, 0.2) is 0 Å². The Labute approximate surface area is 183 Å². The van der Waals surface area contributed by atoms with Gasteiger partial charge in [-0.05, 0) is 35.9 Å². The molecule has 0 saturated heterocycles. The van der Waals surface area contributed by atoms with Gasteiger partial charge in [-0.2, -0.15) is 9.97 Å². The van der Waals surface area contributed by atoms with Gasteiger partial charge in [-0.25, -0.2) is 0 Å². The number of hydrogen-bond acceptors (Lipinski definition) is 6. The molecule has 32 heavy (non-hydrogen) atoms. The first-order valence-electron chi connectivity index (χ1n) is 9.97. The van der Waals surface area contributed by atoms with E-state index >= 15 is 0 Å². The van der Waals surface area contributed by atoms with Crippen molar-refractivity contribution in [3.63, 3.8) is 0 Å². The minimum Gasteiger partial charge on any atom is -0.493 e. The lowest BCUT2D eigenvalue weighted by Crippen LogP contribution is -2.26. The number of H-pyrrole nitrogens is 1. The lowest BCUT2D eigenvalue weighted by atomic mass is 10.2. The van der Waals surface area contributed by atoms with E-state index in [9.17, 15) is 9.90 Å². The summed E-state index contributed by atoms with van der Waals surface area (Å²) in [7, 11) is 1.77. The second-order valence-electron chi connectivity index (χ2n) is 7.40. The number of nitrogens with one attached hydrogen (secondary N) is 1. The van der Waals surface area contributed by atoms with Gasteiger partial charge in [0.25, 0.3) is 5.91 Å². The van der Waals surface area contributed by atoms with Gasteiger partial charge in [0.2, 0.25) is 5.88 Å². The molecule has 5 aromatic rings. The Kier molecular flexibility index (Phi) is 4.87. The third kappa shape index (κ3) is 3.81. The molecule has 2 aromatic carbocycles. The maximum Gasteiger partial charge on any atom is 0.325 e. The fraction of sp³-hybridized carbons (Fsp3) is 0.0833. The average molecular weight is 425 g/mol. The number of carbonyl (C=O) groups excluding carboxylic acids is 1. The highest BCUT2D eigenvalue weighted by Gasteiger charge is 2.16. The summed E-state index contributed by atoms with van der Waals surface area (Å²) in [4.78, 5) is 30.0. The van der Waals surface area contributed by atoms with Crippen LogP contribution in [0.5, 0.6) is 17.6 Å². The van der Waals surface area contributed by atoms with Crippen molar-refractivity contribution in [3.8, 4) is 17.6 Å². The quantitative estimate of drug-likeness (QED) is 0.436. The van der Waals surface area contributed by atoms with Crippen LogP contribution in [-0.2, 0) is 6.54 Å². The van der Waals surface area contributed by atoms with E-state index in [4.69, 9.17) is 4.74 Å². The molecular formula is C24H19N5O3.